The number of rotatable bonds is 7. The van der Waals surface area contributed by atoms with E-state index in [4.69, 9.17) is 0 Å². The smallest absolute Gasteiger partial charge is 0.179 e. The zero-order valence-corrected chi connectivity index (χ0v) is 36.7. The van der Waals surface area contributed by atoms with Gasteiger partial charge in [0.2, 0.25) is 0 Å². The second kappa shape index (κ2) is 14.7. The van der Waals surface area contributed by atoms with Gasteiger partial charge in [0.15, 0.2) is 8.07 Å². The Kier molecular flexibility index (Phi) is 8.45. The molecule has 0 saturated carbocycles. The normalized spacial score (nSPS) is 12.1. The summed E-state index contributed by atoms with van der Waals surface area (Å²) in [4.78, 5) is 0. The summed E-state index contributed by atoms with van der Waals surface area (Å²) in [5.41, 5.74) is 9.54. The van der Waals surface area contributed by atoms with Gasteiger partial charge in [0.05, 0.1) is 27.8 Å². The van der Waals surface area contributed by atoms with Gasteiger partial charge in [-0.3, -0.25) is 0 Å². The van der Waals surface area contributed by atoms with E-state index in [0.29, 0.717) is 0 Å². The number of thiophene rings is 1. The SMILES string of the molecule is c1ccc([Si](c2ccccc2)(c2ccccc2)c2cccc(-n3c4ccccc4c4c(-n5c6ccccc6c6ccc(-c7ccc8c(c7)sc7ccccc78)cc65)cccc43)c2)cc1. The first-order valence-corrected chi connectivity index (χ1v) is 24.8. The first-order chi connectivity index (χ1) is 31.8. The largest absolute Gasteiger partial charge is 0.309 e. The fourth-order valence-electron chi connectivity index (χ4n) is 10.7. The molecular formula is C60H40N2SSi. The van der Waals surface area contributed by atoms with Gasteiger partial charge in [0, 0.05) is 47.4 Å². The summed E-state index contributed by atoms with van der Waals surface area (Å²) < 4.78 is 7.66. The van der Waals surface area contributed by atoms with E-state index in [1.807, 2.05) is 11.3 Å². The lowest BCUT2D eigenvalue weighted by atomic mass is 10.0. The summed E-state index contributed by atoms with van der Waals surface area (Å²) >= 11 is 1.87. The van der Waals surface area contributed by atoms with Crippen LogP contribution >= 0.6 is 11.3 Å². The van der Waals surface area contributed by atoms with E-state index < -0.39 is 8.07 Å². The Balaban J connectivity index is 1.05. The molecule has 0 N–H and O–H groups in total. The molecule has 0 saturated heterocycles. The van der Waals surface area contributed by atoms with Crippen molar-refractivity contribution in [3.8, 4) is 22.5 Å². The van der Waals surface area contributed by atoms with Crippen LogP contribution in [-0.4, -0.2) is 17.2 Å². The van der Waals surface area contributed by atoms with Crippen LogP contribution < -0.4 is 20.7 Å². The Bertz CT molecular complexity index is 3800. The fourth-order valence-corrected chi connectivity index (χ4v) is 16.7. The molecule has 0 atom stereocenters. The minimum atomic E-state index is -2.77. The Hall–Kier alpha value is -7.76. The van der Waals surface area contributed by atoms with E-state index in [1.54, 1.807) is 0 Å². The minimum absolute atomic E-state index is 1.15. The van der Waals surface area contributed by atoms with Gasteiger partial charge in [-0.25, -0.2) is 0 Å². The van der Waals surface area contributed by atoms with Gasteiger partial charge in [-0.15, -0.1) is 11.3 Å². The second-order valence-corrected chi connectivity index (χ2v) is 21.7. The Labute approximate surface area is 376 Å². The van der Waals surface area contributed by atoms with Crippen LogP contribution in [0.5, 0.6) is 0 Å². The molecular weight excluding hydrogens is 809 g/mol. The summed E-state index contributed by atoms with van der Waals surface area (Å²) in [6.45, 7) is 0. The topological polar surface area (TPSA) is 9.86 Å². The average molecular weight is 849 g/mol. The molecule has 10 aromatic carbocycles. The monoisotopic (exact) mass is 848 g/mol. The zero-order valence-electron chi connectivity index (χ0n) is 34.9. The van der Waals surface area contributed by atoms with Crippen molar-refractivity contribution in [2.24, 2.45) is 0 Å². The highest BCUT2D eigenvalue weighted by Gasteiger charge is 2.41. The van der Waals surface area contributed by atoms with Crippen molar-refractivity contribution in [3.05, 3.63) is 243 Å². The van der Waals surface area contributed by atoms with Crippen molar-refractivity contribution in [3.63, 3.8) is 0 Å². The van der Waals surface area contributed by atoms with Gasteiger partial charge in [-0.05, 0) is 86.5 Å². The molecule has 0 bridgehead atoms. The standard InChI is InChI=1S/C60H40N2SSi/c1-4-19-44(20-5-1)64(45-21-6-2-7-22-45,46-23-8-3-9-24-46)47-25-16-18-43(40-47)61-54-30-14-11-28-52(54)60-55(61)31-17-32-56(60)62-53-29-13-10-26-48(53)49-36-34-41(38-57(49)62)42-35-37-51-50-27-12-15-33-58(50)63-59(51)39-42/h1-40H. The quantitative estimate of drug-likeness (QED) is 0.112. The molecule has 0 aliphatic rings. The molecule has 13 rings (SSSR count). The van der Waals surface area contributed by atoms with Gasteiger partial charge in [-0.2, -0.15) is 0 Å². The van der Waals surface area contributed by atoms with E-state index in [0.717, 1.165) is 5.69 Å². The molecule has 0 aliphatic heterocycles. The molecule has 0 unspecified atom stereocenters. The number of hydrogen-bond donors (Lipinski definition) is 0. The van der Waals surface area contributed by atoms with Crippen LogP contribution in [0.4, 0.5) is 0 Å². The van der Waals surface area contributed by atoms with Crippen LogP contribution in [0.1, 0.15) is 0 Å². The van der Waals surface area contributed by atoms with Crippen molar-refractivity contribution >= 4 is 104 Å². The van der Waals surface area contributed by atoms with E-state index in [1.165, 1.54) is 101 Å². The summed E-state index contributed by atoms with van der Waals surface area (Å²) in [5.74, 6) is 0. The lowest BCUT2D eigenvalue weighted by molar-refractivity contribution is 1.17. The maximum Gasteiger partial charge on any atom is 0.179 e. The first kappa shape index (κ1) is 36.9. The molecule has 0 aliphatic carbocycles. The molecule has 3 heterocycles. The number of fused-ring (bicyclic) bond motifs is 9. The molecule has 0 radical (unpaired) electrons. The number of aromatic nitrogens is 2. The summed E-state index contributed by atoms with van der Waals surface area (Å²) in [6, 6.07) is 90.5. The van der Waals surface area contributed by atoms with Crippen LogP contribution in [0.15, 0.2) is 243 Å². The van der Waals surface area contributed by atoms with E-state index in [9.17, 15) is 0 Å². The van der Waals surface area contributed by atoms with Gasteiger partial charge >= 0.3 is 0 Å². The molecule has 2 nitrogen and oxygen atoms in total. The van der Waals surface area contributed by atoms with Crippen LogP contribution in [0.3, 0.4) is 0 Å². The van der Waals surface area contributed by atoms with Crippen LogP contribution in [0.2, 0.25) is 0 Å². The first-order valence-electron chi connectivity index (χ1n) is 22.0. The summed E-state index contributed by atoms with van der Waals surface area (Å²) in [6.07, 6.45) is 0. The summed E-state index contributed by atoms with van der Waals surface area (Å²) in [7, 11) is -2.77. The molecule has 13 aromatic rings. The highest BCUT2D eigenvalue weighted by atomic mass is 32.1. The third kappa shape index (κ3) is 5.50. The molecule has 4 heteroatoms. The Morgan fingerprint density at radius 2 is 0.797 bits per heavy atom. The van der Waals surface area contributed by atoms with E-state index in [-0.39, 0.29) is 0 Å². The van der Waals surface area contributed by atoms with Crippen LogP contribution in [0, 0.1) is 0 Å². The molecule has 300 valence electrons. The van der Waals surface area contributed by atoms with Crippen molar-refractivity contribution in [1.29, 1.82) is 0 Å². The lowest BCUT2D eigenvalue weighted by Crippen LogP contribution is -2.74. The third-order valence-electron chi connectivity index (χ3n) is 13.5. The van der Waals surface area contributed by atoms with Crippen molar-refractivity contribution in [2.75, 3.05) is 0 Å². The second-order valence-electron chi connectivity index (χ2n) is 16.8. The molecule has 0 fully saturated rings. The maximum absolute atomic E-state index is 2.77. The van der Waals surface area contributed by atoms with Gasteiger partial charge in [-0.1, -0.05) is 188 Å². The molecule has 3 aromatic heterocycles. The average Bonchev–Trinajstić information content (AvgIpc) is 4.03. The number of nitrogens with zero attached hydrogens (tertiary/aromatic N) is 2. The van der Waals surface area contributed by atoms with Gasteiger partial charge in [0.1, 0.15) is 0 Å². The fraction of sp³-hybridized carbons (Fsp3) is 0. The number of para-hydroxylation sites is 2. The van der Waals surface area contributed by atoms with E-state index in [2.05, 4.69) is 252 Å². The third-order valence-corrected chi connectivity index (χ3v) is 19.4. The Morgan fingerprint density at radius 3 is 1.50 bits per heavy atom. The van der Waals surface area contributed by atoms with Crippen LogP contribution in [-0.2, 0) is 0 Å². The zero-order chi connectivity index (χ0) is 42.2. The molecule has 0 amide bonds. The Morgan fingerprint density at radius 1 is 0.297 bits per heavy atom. The minimum Gasteiger partial charge on any atom is -0.309 e. The van der Waals surface area contributed by atoms with Crippen molar-refractivity contribution in [2.45, 2.75) is 0 Å². The predicted octanol–water partition coefficient (Wildman–Crippen LogP) is 13.3. The predicted molar refractivity (Wildman–Crippen MR) is 277 cm³/mol. The van der Waals surface area contributed by atoms with Gasteiger partial charge < -0.3 is 9.13 Å². The van der Waals surface area contributed by atoms with Crippen LogP contribution in [0.25, 0.3) is 86.3 Å². The van der Waals surface area contributed by atoms with Crippen molar-refractivity contribution < 1.29 is 0 Å². The highest BCUT2D eigenvalue weighted by Crippen LogP contribution is 2.42. The molecule has 0 spiro atoms. The maximum atomic E-state index is 2.51. The number of benzene rings is 10. The lowest BCUT2D eigenvalue weighted by Gasteiger charge is -2.34. The van der Waals surface area contributed by atoms with E-state index >= 15 is 0 Å². The van der Waals surface area contributed by atoms with Gasteiger partial charge in [0.25, 0.3) is 0 Å². The highest BCUT2D eigenvalue weighted by molar-refractivity contribution is 7.25. The summed E-state index contributed by atoms with van der Waals surface area (Å²) in [5, 5.41) is 13.1. The molecule has 64 heavy (non-hydrogen) atoms. The number of hydrogen-bond acceptors (Lipinski definition) is 1. The van der Waals surface area contributed by atoms with Crippen molar-refractivity contribution in [1.82, 2.24) is 9.13 Å².